The number of rotatable bonds is 4. The third-order valence-corrected chi connectivity index (χ3v) is 8.93. The summed E-state index contributed by atoms with van der Waals surface area (Å²) in [6.07, 6.45) is 6.88. The minimum absolute atomic E-state index is 0.164. The fraction of sp³-hybridized carbons (Fsp3) is 0.536. The van der Waals surface area contributed by atoms with Gasteiger partial charge in [0, 0.05) is 53.7 Å². The van der Waals surface area contributed by atoms with Crippen LogP contribution in [0.5, 0.6) is 0 Å². The lowest BCUT2D eigenvalue weighted by Gasteiger charge is -2.43. The average Bonchev–Trinajstić information content (AvgIpc) is 3.39. The van der Waals surface area contributed by atoms with Crippen molar-refractivity contribution in [2.75, 3.05) is 22.9 Å². The molecule has 0 radical (unpaired) electrons. The predicted octanol–water partition coefficient (Wildman–Crippen LogP) is 6.79. The van der Waals surface area contributed by atoms with Gasteiger partial charge in [0.15, 0.2) is 0 Å². The summed E-state index contributed by atoms with van der Waals surface area (Å²) in [6.45, 7) is 7.75. The summed E-state index contributed by atoms with van der Waals surface area (Å²) in [5.74, 6) is -1.92. The fourth-order valence-corrected chi connectivity index (χ4v) is 6.67. The second kappa shape index (κ2) is 9.03. The van der Waals surface area contributed by atoms with Crippen LogP contribution in [0.15, 0.2) is 41.0 Å². The predicted molar refractivity (Wildman–Crippen MR) is 146 cm³/mol. The van der Waals surface area contributed by atoms with Gasteiger partial charge in [0.1, 0.15) is 11.5 Å². The Bertz CT molecular complexity index is 1300. The molecule has 0 unspecified atom stereocenters. The summed E-state index contributed by atoms with van der Waals surface area (Å²) in [5.41, 5.74) is 5.21. The van der Waals surface area contributed by atoms with Crippen molar-refractivity contribution in [3.05, 3.63) is 46.7 Å². The fourth-order valence-electron chi connectivity index (χ4n) is 6.32. The number of hydrogen-bond donors (Lipinski definition) is 0. The molecule has 2 atom stereocenters. The van der Waals surface area contributed by atoms with E-state index in [0.29, 0.717) is 11.2 Å². The van der Waals surface area contributed by atoms with Crippen molar-refractivity contribution in [3.8, 4) is 16.9 Å². The van der Waals surface area contributed by atoms with Crippen LogP contribution in [0.4, 0.5) is 20.3 Å². The van der Waals surface area contributed by atoms with E-state index in [0.717, 1.165) is 45.9 Å². The molecular weight excluding hydrogens is 538 g/mol. The molecule has 1 aliphatic carbocycles. The van der Waals surface area contributed by atoms with Crippen molar-refractivity contribution >= 4 is 27.4 Å². The number of piperidine rings is 2. The number of aromatic nitrogens is 4. The highest BCUT2D eigenvalue weighted by Gasteiger charge is 2.45. The van der Waals surface area contributed by atoms with E-state index in [1.807, 2.05) is 54.7 Å². The van der Waals surface area contributed by atoms with Crippen LogP contribution < -0.4 is 9.80 Å². The van der Waals surface area contributed by atoms with Crippen LogP contribution in [0, 0.1) is 12.3 Å². The molecule has 37 heavy (non-hydrogen) atoms. The first-order valence-electron chi connectivity index (χ1n) is 13.2. The molecule has 3 fully saturated rings. The highest BCUT2D eigenvalue weighted by atomic mass is 79.9. The smallest absolute Gasteiger partial charge is 0.252 e. The number of nitrogens with zero attached hydrogens (tertiary/aromatic N) is 6. The minimum Gasteiger partial charge on any atom is -0.370 e. The van der Waals surface area contributed by atoms with Gasteiger partial charge >= 0.3 is 0 Å². The Kier molecular flexibility index (Phi) is 6.05. The first kappa shape index (κ1) is 24.8. The van der Waals surface area contributed by atoms with Gasteiger partial charge in [-0.15, -0.1) is 5.10 Å². The largest absolute Gasteiger partial charge is 0.370 e. The number of anilines is 2. The van der Waals surface area contributed by atoms with E-state index in [1.165, 1.54) is 25.7 Å². The SMILES string of the molecule is Cc1cc(-c2cn(-c3ccc(Br)cc3N3CCC4(CC3)CC4)nn2)cc(N2[C@H](C)CC(F)(F)C[C@@H]2C)n1. The number of alkyl halides is 2. The molecule has 1 aromatic carbocycles. The van der Waals surface area contributed by atoms with Crippen LogP contribution in [-0.2, 0) is 0 Å². The Morgan fingerprint density at radius 1 is 0.946 bits per heavy atom. The first-order chi connectivity index (χ1) is 17.6. The molecule has 2 saturated heterocycles. The zero-order valence-corrected chi connectivity index (χ0v) is 23.2. The summed E-state index contributed by atoms with van der Waals surface area (Å²) in [7, 11) is 0. The van der Waals surface area contributed by atoms with Gasteiger partial charge in [0.25, 0.3) is 5.92 Å². The third kappa shape index (κ3) is 4.87. The molecule has 1 saturated carbocycles. The second-order valence-corrected chi connectivity index (χ2v) is 12.3. The van der Waals surface area contributed by atoms with E-state index in [4.69, 9.17) is 4.98 Å². The Hall–Kier alpha value is -2.55. The van der Waals surface area contributed by atoms with Crippen molar-refractivity contribution in [1.82, 2.24) is 20.0 Å². The Balaban J connectivity index is 1.30. The normalized spacial score (nSPS) is 24.5. The summed E-state index contributed by atoms with van der Waals surface area (Å²) < 4.78 is 31.2. The van der Waals surface area contributed by atoms with Gasteiger partial charge in [-0.3, -0.25) is 0 Å². The Morgan fingerprint density at radius 2 is 1.65 bits per heavy atom. The zero-order valence-electron chi connectivity index (χ0n) is 21.6. The maximum absolute atomic E-state index is 14.1. The lowest BCUT2D eigenvalue weighted by molar-refractivity contribution is -0.0422. The minimum atomic E-state index is -2.64. The lowest BCUT2D eigenvalue weighted by atomic mass is 9.93. The number of hydrogen-bond acceptors (Lipinski definition) is 5. The molecule has 2 aromatic heterocycles. The Labute approximate surface area is 225 Å². The highest BCUT2D eigenvalue weighted by molar-refractivity contribution is 9.10. The maximum atomic E-state index is 14.1. The highest BCUT2D eigenvalue weighted by Crippen LogP contribution is 2.54. The van der Waals surface area contributed by atoms with Gasteiger partial charge in [-0.05, 0) is 82.2 Å². The van der Waals surface area contributed by atoms with Gasteiger partial charge in [0.05, 0.1) is 17.6 Å². The molecule has 9 heteroatoms. The summed E-state index contributed by atoms with van der Waals surface area (Å²) in [6, 6.07) is 9.62. The van der Waals surface area contributed by atoms with Crippen LogP contribution in [0.3, 0.4) is 0 Å². The molecule has 0 N–H and O–H groups in total. The number of pyridine rings is 1. The summed E-state index contributed by atoms with van der Waals surface area (Å²) in [4.78, 5) is 9.20. The molecular formula is C28H33BrF2N6. The number of benzene rings is 1. The first-order valence-corrected chi connectivity index (χ1v) is 14.0. The van der Waals surface area contributed by atoms with Crippen molar-refractivity contribution in [3.63, 3.8) is 0 Å². The monoisotopic (exact) mass is 570 g/mol. The van der Waals surface area contributed by atoms with Crippen LogP contribution in [-0.4, -0.2) is 51.1 Å². The van der Waals surface area contributed by atoms with Gasteiger partial charge in [-0.25, -0.2) is 18.4 Å². The van der Waals surface area contributed by atoms with E-state index in [9.17, 15) is 8.78 Å². The molecule has 196 valence electrons. The molecule has 3 aromatic rings. The molecule has 1 spiro atoms. The maximum Gasteiger partial charge on any atom is 0.252 e. The van der Waals surface area contributed by atoms with Crippen molar-refractivity contribution in [2.45, 2.75) is 77.3 Å². The number of aryl methyl sites for hydroxylation is 1. The van der Waals surface area contributed by atoms with Crippen LogP contribution in [0.25, 0.3) is 16.9 Å². The van der Waals surface area contributed by atoms with E-state index in [1.54, 1.807) is 0 Å². The van der Waals surface area contributed by atoms with Gasteiger partial charge in [0.2, 0.25) is 0 Å². The molecule has 0 bridgehead atoms. The zero-order chi connectivity index (χ0) is 25.9. The van der Waals surface area contributed by atoms with E-state index in [2.05, 4.69) is 43.3 Å². The van der Waals surface area contributed by atoms with Gasteiger partial charge < -0.3 is 9.80 Å². The molecule has 4 heterocycles. The standard InChI is InChI=1S/C28H33BrF2N6/c1-18-12-21(13-26(32-18)37-19(2)15-28(30,31)16-20(37)3)23-17-36(34-33-23)24-5-4-22(29)14-25(24)35-10-8-27(6-7-27)9-11-35/h4-5,12-14,17,19-20H,6-11,15-16H2,1-3H3/t19-,20+. The molecule has 2 aliphatic heterocycles. The quantitative estimate of drug-likeness (QED) is 0.345. The molecule has 3 aliphatic rings. The molecule has 6 nitrogen and oxygen atoms in total. The van der Waals surface area contributed by atoms with Crippen molar-refractivity contribution in [2.24, 2.45) is 5.41 Å². The van der Waals surface area contributed by atoms with Crippen LogP contribution in [0.2, 0.25) is 0 Å². The molecule has 6 rings (SSSR count). The second-order valence-electron chi connectivity index (χ2n) is 11.4. The van der Waals surface area contributed by atoms with Gasteiger partial charge in [-0.2, -0.15) is 0 Å². The van der Waals surface area contributed by atoms with E-state index < -0.39 is 5.92 Å². The van der Waals surface area contributed by atoms with Crippen molar-refractivity contribution < 1.29 is 8.78 Å². The summed E-state index contributed by atoms with van der Waals surface area (Å²) >= 11 is 3.65. The Morgan fingerprint density at radius 3 is 2.32 bits per heavy atom. The molecule has 0 amide bonds. The van der Waals surface area contributed by atoms with E-state index >= 15 is 0 Å². The van der Waals surface area contributed by atoms with E-state index in [-0.39, 0.29) is 24.9 Å². The number of halogens is 3. The average molecular weight is 572 g/mol. The van der Waals surface area contributed by atoms with Crippen molar-refractivity contribution in [1.29, 1.82) is 0 Å². The third-order valence-electron chi connectivity index (χ3n) is 8.44. The van der Waals surface area contributed by atoms with Crippen LogP contribution in [0.1, 0.15) is 58.1 Å². The lowest BCUT2D eigenvalue weighted by Crippen LogP contribution is -2.51. The van der Waals surface area contributed by atoms with Gasteiger partial charge in [-0.1, -0.05) is 21.1 Å². The summed E-state index contributed by atoms with van der Waals surface area (Å²) in [5, 5.41) is 9.01. The topological polar surface area (TPSA) is 50.1 Å². The van der Waals surface area contributed by atoms with Crippen LogP contribution >= 0.6 is 15.9 Å².